The monoisotopic (exact) mass is 345 g/mol. The molecular weight excluding hydrogens is 328 g/mol. The zero-order valence-electron chi connectivity index (χ0n) is 14.1. The summed E-state index contributed by atoms with van der Waals surface area (Å²) in [5.74, 6) is 1.46. The van der Waals surface area contributed by atoms with Crippen molar-refractivity contribution in [3.05, 3.63) is 92.6 Å². The molecule has 2 aromatic carbocycles. The second kappa shape index (κ2) is 6.59. The molecule has 1 aromatic heterocycles. The summed E-state index contributed by atoms with van der Waals surface area (Å²) in [4.78, 5) is 25.4. The van der Waals surface area contributed by atoms with E-state index in [1.165, 1.54) is 24.0 Å². The number of H-pyrrole nitrogens is 1. The molecule has 1 aliphatic carbocycles. The van der Waals surface area contributed by atoms with E-state index in [2.05, 4.69) is 17.1 Å². The third-order valence-electron chi connectivity index (χ3n) is 4.84. The van der Waals surface area contributed by atoms with Crippen LogP contribution in [0.5, 0.6) is 0 Å². The predicted octanol–water partition coefficient (Wildman–Crippen LogP) is 4.72. The number of hydrogen-bond acceptors (Lipinski definition) is 3. The molecule has 3 aromatic rings. The Morgan fingerprint density at radius 3 is 2.12 bits per heavy atom. The second-order valence-electron chi connectivity index (χ2n) is 6.43. The summed E-state index contributed by atoms with van der Waals surface area (Å²) in [5.41, 5.74) is 2.97. The van der Waals surface area contributed by atoms with Crippen molar-refractivity contribution in [3.8, 4) is 22.4 Å². The number of nitrogens with one attached hydrogen (secondary N) is 1. The van der Waals surface area contributed by atoms with Gasteiger partial charge in [0.2, 0.25) is 0 Å². The van der Waals surface area contributed by atoms with Gasteiger partial charge in [0.15, 0.2) is 0 Å². The molecule has 5 nitrogen and oxygen atoms in total. The van der Waals surface area contributed by atoms with Gasteiger partial charge < -0.3 is 4.98 Å². The first-order valence-corrected chi connectivity index (χ1v) is 8.56. The van der Waals surface area contributed by atoms with Gasteiger partial charge >= 0.3 is 11.2 Å². The van der Waals surface area contributed by atoms with E-state index in [1.54, 1.807) is 0 Å². The molecule has 0 saturated heterocycles. The van der Waals surface area contributed by atoms with Crippen LogP contribution in [0.4, 0.5) is 5.69 Å². The fourth-order valence-electron chi connectivity index (χ4n) is 3.24. The Kier molecular flexibility index (Phi) is 4.13. The van der Waals surface area contributed by atoms with Crippen LogP contribution < -0.4 is 5.56 Å². The molecule has 0 bridgehead atoms. The molecule has 129 valence electrons. The minimum Gasteiger partial charge on any atom is -0.315 e. The first-order valence-electron chi connectivity index (χ1n) is 8.56. The van der Waals surface area contributed by atoms with Gasteiger partial charge in [0.25, 0.3) is 0 Å². The molecule has 4 rings (SSSR count). The molecule has 0 unspecified atom stereocenters. The van der Waals surface area contributed by atoms with Crippen molar-refractivity contribution in [3.63, 3.8) is 0 Å². The summed E-state index contributed by atoms with van der Waals surface area (Å²) in [6, 6.07) is 18.8. The van der Waals surface area contributed by atoms with Gasteiger partial charge in [-0.15, -0.1) is 0 Å². The molecular formula is C21H17N2O3. The lowest BCUT2D eigenvalue weighted by Crippen LogP contribution is -2.13. The number of rotatable bonds is 4. The first-order chi connectivity index (χ1) is 12.6. The Morgan fingerprint density at radius 2 is 1.54 bits per heavy atom. The second-order valence-corrected chi connectivity index (χ2v) is 6.43. The summed E-state index contributed by atoms with van der Waals surface area (Å²) in [5, 5.41) is 11.2. The molecule has 26 heavy (non-hydrogen) atoms. The average molecular weight is 345 g/mol. The Morgan fingerprint density at radius 1 is 0.885 bits per heavy atom. The molecule has 0 amide bonds. The van der Waals surface area contributed by atoms with E-state index in [9.17, 15) is 14.9 Å². The van der Waals surface area contributed by atoms with Gasteiger partial charge in [0.1, 0.15) is 0 Å². The van der Waals surface area contributed by atoms with E-state index in [0.29, 0.717) is 11.3 Å². The predicted molar refractivity (Wildman–Crippen MR) is 101 cm³/mol. The van der Waals surface area contributed by atoms with Crippen molar-refractivity contribution in [1.82, 2.24) is 4.98 Å². The Balaban J connectivity index is 1.85. The van der Waals surface area contributed by atoms with Crippen molar-refractivity contribution < 1.29 is 4.92 Å². The third kappa shape index (κ3) is 2.92. The van der Waals surface area contributed by atoms with Gasteiger partial charge in [-0.1, -0.05) is 61.0 Å². The normalized spacial score (nSPS) is 14.0. The first kappa shape index (κ1) is 16.3. The molecule has 1 fully saturated rings. The van der Waals surface area contributed by atoms with E-state index in [1.807, 2.05) is 42.5 Å². The van der Waals surface area contributed by atoms with Crippen LogP contribution in [0, 0.1) is 16.0 Å². The third-order valence-corrected chi connectivity index (χ3v) is 4.84. The van der Waals surface area contributed by atoms with Crippen LogP contribution in [0.25, 0.3) is 22.4 Å². The van der Waals surface area contributed by atoms with E-state index in [0.717, 1.165) is 24.0 Å². The van der Waals surface area contributed by atoms with Crippen LogP contribution in [-0.2, 0) is 0 Å². The molecule has 1 saturated carbocycles. The standard InChI is InChI=1S/C21H17N2O3/c24-21-19(23(25)26)13-18(16-5-2-1-3-6-16)20(22-21)17-11-9-15(10-12-17)14-7-4-8-14/h1-3,5-6,9-13H,4,7-8H2,(H,22,24). The zero-order chi connectivity index (χ0) is 18.1. The molecule has 1 radical (unpaired) electrons. The minimum atomic E-state index is -0.692. The molecule has 0 atom stereocenters. The van der Waals surface area contributed by atoms with Crippen molar-refractivity contribution in [2.45, 2.75) is 19.3 Å². The van der Waals surface area contributed by atoms with Crippen molar-refractivity contribution >= 4 is 5.69 Å². The molecule has 0 spiro atoms. The lowest BCUT2D eigenvalue weighted by molar-refractivity contribution is -0.386. The largest absolute Gasteiger partial charge is 0.334 e. The summed E-state index contributed by atoms with van der Waals surface area (Å²) in [7, 11) is 0. The smallest absolute Gasteiger partial charge is 0.315 e. The van der Waals surface area contributed by atoms with Crippen LogP contribution in [0.15, 0.2) is 65.5 Å². The van der Waals surface area contributed by atoms with Gasteiger partial charge in [-0.05, 0) is 29.5 Å². The maximum atomic E-state index is 12.2. The van der Waals surface area contributed by atoms with Crippen molar-refractivity contribution in [2.75, 3.05) is 0 Å². The van der Waals surface area contributed by atoms with E-state index >= 15 is 0 Å². The Hall–Kier alpha value is -3.21. The van der Waals surface area contributed by atoms with Crippen LogP contribution in [0.2, 0.25) is 0 Å². The fraction of sp³-hybridized carbons (Fsp3) is 0.143. The maximum Gasteiger partial charge on any atom is 0.334 e. The lowest BCUT2D eigenvalue weighted by Gasteiger charge is -2.25. The number of pyridine rings is 1. The highest BCUT2D eigenvalue weighted by Crippen LogP contribution is 2.37. The maximum absolute atomic E-state index is 12.2. The van der Waals surface area contributed by atoms with Gasteiger partial charge in [-0.25, -0.2) is 0 Å². The summed E-state index contributed by atoms with van der Waals surface area (Å²) in [6.45, 7) is 0. The summed E-state index contributed by atoms with van der Waals surface area (Å²) >= 11 is 0. The summed E-state index contributed by atoms with van der Waals surface area (Å²) in [6.07, 6.45) is 3.52. The molecule has 1 aliphatic rings. The summed E-state index contributed by atoms with van der Waals surface area (Å²) < 4.78 is 0. The molecule has 5 heteroatoms. The average Bonchev–Trinajstić information content (AvgIpc) is 2.61. The quantitative estimate of drug-likeness (QED) is 0.549. The Bertz CT molecular complexity index is 1000. The highest BCUT2D eigenvalue weighted by Gasteiger charge is 2.21. The van der Waals surface area contributed by atoms with Crippen LogP contribution in [0.1, 0.15) is 24.8 Å². The molecule has 0 aliphatic heterocycles. The Labute approximate surface area is 150 Å². The van der Waals surface area contributed by atoms with Gasteiger partial charge in [-0.2, -0.15) is 0 Å². The number of aromatic amines is 1. The lowest BCUT2D eigenvalue weighted by atomic mass is 9.80. The van der Waals surface area contributed by atoms with Crippen LogP contribution in [-0.4, -0.2) is 9.91 Å². The highest BCUT2D eigenvalue weighted by molar-refractivity contribution is 5.82. The van der Waals surface area contributed by atoms with Gasteiger partial charge in [-0.3, -0.25) is 14.9 Å². The number of aromatic nitrogens is 1. The van der Waals surface area contributed by atoms with E-state index in [4.69, 9.17) is 0 Å². The van der Waals surface area contributed by atoms with Crippen molar-refractivity contribution in [2.24, 2.45) is 0 Å². The topological polar surface area (TPSA) is 76.0 Å². The van der Waals surface area contributed by atoms with E-state index < -0.39 is 16.2 Å². The van der Waals surface area contributed by atoms with Crippen LogP contribution >= 0.6 is 0 Å². The molecule has 1 heterocycles. The zero-order valence-corrected chi connectivity index (χ0v) is 14.1. The number of hydrogen-bond donors (Lipinski definition) is 1. The van der Waals surface area contributed by atoms with Crippen molar-refractivity contribution in [1.29, 1.82) is 0 Å². The van der Waals surface area contributed by atoms with Crippen LogP contribution in [0.3, 0.4) is 0 Å². The van der Waals surface area contributed by atoms with E-state index in [-0.39, 0.29) is 0 Å². The number of benzene rings is 2. The van der Waals surface area contributed by atoms with Gasteiger partial charge in [0, 0.05) is 17.5 Å². The SMILES string of the molecule is O=c1[nH]c(-c2ccc([C]3CCC3)cc2)c(-c2ccccc2)cc1[N+](=O)[O-]. The van der Waals surface area contributed by atoms with Gasteiger partial charge in [0.05, 0.1) is 10.6 Å². The minimum absolute atomic E-state index is 0.450. The molecule has 1 N–H and O–H groups in total. The number of nitro groups is 1. The fourth-order valence-corrected chi connectivity index (χ4v) is 3.24. The highest BCUT2D eigenvalue weighted by atomic mass is 16.6. The number of nitrogens with zero attached hydrogens (tertiary/aromatic N) is 1.